The number of halogens is 5. The molecule has 0 fully saturated rings. The van der Waals surface area contributed by atoms with Crippen molar-refractivity contribution in [3.63, 3.8) is 0 Å². The van der Waals surface area contributed by atoms with Crippen molar-refractivity contribution in [2.24, 2.45) is 0 Å². The third kappa shape index (κ3) is 4.01. The molecule has 2 rings (SSSR count). The van der Waals surface area contributed by atoms with E-state index >= 15 is 0 Å². The normalized spacial score (nSPS) is 11.3. The van der Waals surface area contributed by atoms with Crippen LogP contribution in [0, 0.1) is 0 Å². The van der Waals surface area contributed by atoms with Crippen LogP contribution in [0.2, 0.25) is 5.15 Å². The molecule has 1 N–H and O–H groups in total. The van der Waals surface area contributed by atoms with Gasteiger partial charge in [0.2, 0.25) is 0 Å². The van der Waals surface area contributed by atoms with E-state index < -0.39 is 11.7 Å². The third-order valence-electron chi connectivity index (χ3n) is 2.54. The molecule has 0 saturated heterocycles. The number of nitrogens with one attached hydrogen (secondary N) is 1. The first-order valence-electron chi connectivity index (χ1n) is 5.65. The van der Waals surface area contributed by atoms with Crippen molar-refractivity contribution in [1.29, 1.82) is 0 Å². The Morgan fingerprint density at radius 3 is 2.57 bits per heavy atom. The van der Waals surface area contributed by atoms with Gasteiger partial charge in [0.15, 0.2) is 0 Å². The number of aromatic nitrogens is 1. The number of hydrogen-bond donors (Lipinski definition) is 1. The molecule has 112 valence electrons. The van der Waals surface area contributed by atoms with Crippen molar-refractivity contribution in [1.82, 2.24) is 4.98 Å². The summed E-state index contributed by atoms with van der Waals surface area (Å²) in [5, 5.41) is 2.52. The van der Waals surface area contributed by atoms with E-state index in [1.54, 1.807) is 18.2 Å². The van der Waals surface area contributed by atoms with E-state index in [2.05, 4.69) is 26.2 Å². The summed E-state index contributed by atoms with van der Waals surface area (Å²) >= 11 is 8.91. The lowest BCUT2D eigenvalue weighted by molar-refractivity contribution is -0.137. The Labute approximate surface area is 132 Å². The van der Waals surface area contributed by atoms with Gasteiger partial charge in [-0.25, -0.2) is 4.98 Å². The highest BCUT2D eigenvalue weighted by Gasteiger charge is 2.31. The molecule has 0 bridgehead atoms. The summed E-state index contributed by atoms with van der Waals surface area (Å²) in [6, 6.07) is 6.66. The van der Waals surface area contributed by atoms with E-state index in [1.165, 1.54) is 7.11 Å². The molecule has 0 atom stereocenters. The van der Waals surface area contributed by atoms with Gasteiger partial charge in [-0.3, -0.25) is 0 Å². The van der Waals surface area contributed by atoms with Crippen LogP contribution in [0.4, 0.5) is 24.7 Å². The number of alkyl halides is 3. The summed E-state index contributed by atoms with van der Waals surface area (Å²) in [5.41, 5.74) is -0.341. The van der Waals surface area contributed by atoms with Crippen LogP contribution in [0.25, 0.3) is 0 Å². The molecule has 0 radical (unpaired) electrons. The minimum atomic E-state index is -4.49. The summed E-state index contributed by atoms with van der Waals surface area (Å²) in [6.07, 6.45) is -4.49. The van der Waals surface area contributed by atoms with Crippen molar-refractivity contribution in [2.45, 2.75) is 6.18 Å². The topological polar surface area (TPSA) is 34.1 Å². The van der Waals surface area contributed by atoms with Gasteiger partial charge < -0.3 is 10.1 Å². The van der Waals surface area contributed by atoms with E-state index in [4.69, 9.17) is 16.3 Å². The van der Waals surface area contributed by atoms with Crippen molar-refractivity contribution in [3.8, 4) is 5.75 Å². The Morgan fingerprint density at radius 2 is 1.95 bits per heavy atom. The molecule has 2 aromatic rings. The van der Waals surface area contributed by atoms with Gasteiger partial charge in [-0.05, 0) is 40.2 Å². The molecule has 1 heterocycles. The SMILES string of the molecule is COc1cc(Nc2cc(C(F)(F)F)cc(Cl)n2)ccc1Br. The van der Waals surface area contributed by atoms with Crippen LogP contribution in [-0.4, -0.2) is 12.1 Å². The summed E-state index contributed by atoms with van der Waals surface area (Å²) in [4.78, 5) is 3.82. The Hall–Kier alpha value is -1.47. The zero-order valence-corrected chi connectivity index (χ0v) is 13.0. The Morgan fingerprint density at radius 1 is 1.24 bits per heavy atom. The molecule has 0 amide bonds. The van der Waals surface area contributed by atoms with Crippen LogP contribution in [0.5, 0.6) is 5.75 Å². The van der Waals surface area contributed by atoms with E-state index in [-0.39, 0.29) is 11.0 Å². The molecule has 0 unspecified atom stereocenters. The van der Waals surface area contributed by atoms with Crippen molar-refractivity contribution in [2.75, 3.05) is 12.4 Å². The van der Waals surface area contributed by atoms with Crippen LogP contribution in [0.3, 0.4) is 0 Å². The predicted molar refractivity (Wildman–Crippen MR) is 78.2 cm³/mol. The highest BCUT2D eigenvalue weighted by molar-refractivity contribution is 9.10. The second-order valence-electron chi connectivity index (χ2n) is 4.04. The fourth-order valence-corrected chi connectivity index (χ4v) is 2.23. The number of benzene rings is 1. The number of methoxy groups -OCH3 is 1. The molecule has 21 heavy (non-hydrogen) atoms. The van der Waals surface area contributed by atoms with Gasteiger partial charge in [0.1, 0.15) is 16.7 Å². The lowest BCUT2D eigenvalue weighted by Gasteiger charge is -2.12. The molecule has 1 aromatic carbocycles. The fourth-order valence-electron chi connectivity index (χ4n) is 1.61. The zero-order chi connectivity index (χ0) is 15.6. The van der Waals surface area contributed by atoms with E-state index in [9.17, 15) is 13.2 Å². The van der Waals surface area contributed by atoms with Gasteiger partial charge in [-0.1, -0.05) is 11.6 Å². The van der Waals surface area contributed by atoms with E-state index in [0.717, 1.165) is 16.6 Å². The van der Waals surface area contributed by atoms with Crippen molar-refractivity contribution in [3.05, 3.63) is 45.5 Å². The quantitative estimate of drug-likeness (QED) is 0.736. The number of pyridine rings is 1. The lowest BCUT2D eigenvalue weighted by Crippen LogP contribution is -2.06. The maximum absolute atomic E-state index is 12.7. The average Bonchev–Trinajstić information content (AvgIpc) is 2.39. The minimum absolute atomic E-state index is 0.000740. The van der Waals surface area contributed by atoms with Gasteiger partial charge in [0.25, 0.3) is 0 Å². The van der Waals surface area contributed by atoms with Crippen LogP contribution in [0.15, 0.2) is 34.8 Å². The standard InChI is InChI=1S/C13H9BrClF3N2O/c1-21-10-6-8(2-3-9(10)14)19-12-5-7(13(16,17)18)4-11(15)20-12/h2-6H,1H3,(H,19,20). The summed E-state index contributed by atoms with van der Waals surface area (Å²) in [6.45, 7) is 0. The summed E-state index contributed by atoms with van der Waals surface area (Å²) in [5.74, 6) is 0.539. The average molecular weight is 382 g/mol. The maximum atomic E-state index is 12.7. The fraction of sp³-hybridized carbons (Fsp3) is 0.154. The van der Waals surface area contributed by atoms with Crippen LogP contribution in [-0.2, 0) is 6.18 Å². The van der Waals surface area contributed by atoms with Crippen molar-refractivity contribution >= 4 is 39.0 Å². The van der Waals surface area contributed by atoms with Gasteiger partial charge in [0.05, 0.1) is 17.1 Å². The molecule has 0 spiro atoms. The smallest absolute Gasteiger partial charge is 0.416 e. The first kappa shape index (κ1) is 15.9. The predicted octanol–water partition coefficient (Wildman–Crippen LogP) is 5.27. The number of ether oxygens (including phenoxy) is 1. The molecular weight excluding hydrogens is 373 g/mol. The molecule has 0 saturated carbocycles. The first-order valence-corrected chi connectivity index (χ1v) is 6.82. The first-order chi connectivity index (χ1) is 9.79. The van der Waals surface area contributed by atoms with Gasteiger partial charge >= 0.3 is 6.18 Å². The van der Waals surface area contributed by atoms with Crippen LogP contribution >= 0.6 is 27.5 Å². The lowest BCUT2D eigenvalue weighted by atomic mass is 10.2. The Balaban J connectivity index is 2.33. The second-order valence-corrected chi connectivity index (χ2v) is 5.28. The Bertz CT molecular complexity index is 664. The van der Waals surface area contributed by atoms with E-state index in [0.29, 0.717) is 11.4 Å². The minimum Gasteiger partial charge on any atom is -0.495 e. The maximum Gasteiger partial charge on any atom is 0.416 e. The largest absolute Gasteiger partial charge is 0.495 e. The molecule has 1 aromatic heterocycles. The van der Waals surface area contributed by atoms with Crippen LogP contribution < -0.4 is 10.1 Å². The van der Waals surface area contributed by atoms with E-state index in [1.807, 2.05) is 0 Å². The van der Waals surface area contributed by atoms with Gasteiger partial charge in [-0.15, -0.1) is 0 Å². The molecule has 0 aliphatic heterocycles. The van der Waals surface area contributed by atoms with Gasteiger partial charge in [-0.2, -0.15) is 13.2 Å². The van der Waals surface area contributed by atoms with Crippen molar-refractivity contribution < 1.29 is 17.9 Å². The third-order valence-corrected chi connectivity index (χ3v) is 3.39. The highest BCUT2D eigenvalue weighted by atomic mass is 79.9. The monoisotopic (exact) mass is 380 g/mol. The molecule has 0 aliphatic rings. The number of nitrogens with zero attached hydrogens (tertiary/aromatic N) is 1. The molecule has 0 aliphatic carbocycles. The molecule has 3 nitrogen and oxygen atoms in total. The second kappa shape index (κ2) is 6.11. The van der Waals surface area contributed by atoms with Crippen LogP contribution in [0.1, 0.15) is 5.56 Å². The van der Waals surface area contributed by atoms with Gasteiger partial charge in [0, 0.05) is 11.8 Å². The zero-order valence-electron chi connectivity index (χ0n) is 10.6. The molecular formula is C13H9BrClF3N2O. The highest BCUT2D eigenvalue weighted by Crippen LogP contribution is 2.33. The summed E-state index contributed by atoms with van der Waals surface area (Å²) in [7, 11) is 1.49. The number of anilines is 2. The molecule has 8 heteroatoms. The Kier molecular flexibility index (Phi) is 4.63. The number of rotatable bonds is 3. The number of hydrogen-bond acceptors (Lipinski definition) is 3. The summed E-state index contributed by atoms with van der Waals surface area (Å²) < 4.78 is 44.0.